The van der Waals surface area contributed by atoms with Crippen molar-refractivity contribution in [2.75, 3.05) is 0 Å². The van der Waals surface area contributed by atoms with E-state index in [1.165, 1.54) is 0 Å². The van der Waals surface area contributed by atoms with E-state index < -0.39 is 0 Å². The Labute approximate surface area is 109 Å². The molecule has 0 saturated heterocycles. The Balaban J connectivity index is 1.73. The maximum absolute atomic E-state index is 5.82. The van der Waals surface area contributed by atoms with E-state index in [4.69, 9.17) is 4.42 Å². The number of nitrogens with zero attached hydrogens (tertiary/aromatic N) is 1. The van der Waals surface area contributed by atoms with E-state index in [2.05, 4.69) is 29.4 Å². The Morgan fingerprint density at radius 1 is 1.39 bits per heavy atom. The molecule has 0 fully saturated rings. The molecule has 3 nitrogen and oxygen atoms in total. The van der Waals surface area contributed by atoms with Gasteiger partial charge in [-0.15, -0.1) is 11.3 Å². The molecular weight excluding hydrogens is 244 g/mol. The van der Waals surface area contributed by atoms with Crippen molar-refractivity contribution in [3.63, 3.8) is 0 Å². The monoisotopic (exact) mass is 258 g/mol. The Hall–Kier alpha value is -1.65. The highest BCUT2D eigenvalue weighted by Gasteiger charge is 2.11. The van der Waals surface area contributed by atoms with Gasteiger partial charge in [-0.05, 0) is 19.1 Å². The van der Waals surface area contributed by atoms with E-state index in [9.17, 15) is 0 Å². The Morgan fingerprint density at radius 3 is 3.06 bits per heavy atom. The minimum Gasteiger partial charge on any atom is -0.459 e. The smallest absolute Gasteiger partial charge is 0.134 e. The van der Waals surface area contributed by atoms with E-state index >= 15 is 0 Å². The molecule has 3 aromatic rings. The summed E-state index contributed by atoms with van der Waals surface area (Å²) in [4.78, 5) is 4.25. The molecular formula is C14H14N2OS. The first kappa shape index (κ1) is 11.4. The van der Waals surface area contributed by atoms with Crippen LogP contribution in [0.15, 0.2) is 46.3 Å². The summed E-state index contributed by atoms with van der Waals surface area (Å²) in [5, 5.41) is 7.65. The first-order valence-electron chi connectivity index (χ1n) is 5.93. The zero-order chi connectivity index (χ0) is 12.4. The van der Waals surface area contributed by atoms with Crippen LogP contribution >= 0.6 is 11.3 Å². The molecule has 0 aliphatic heterocycles. The van der Waals surface area contributed by atoms with Crippen LogP contribution in [0.1, 0.15) is 23.7 Å². The lowest BCUT2D eigenvalue weighted by atomic mass is 10.2. The summed E-state index contributed by atoms with van der Waals surface area (Å²) in [6.45, 7) is 2.88. The van der Waals surface area contributed by atoms with Crippen LogP contribution in [0, 0.1) is 0 Å². The second-order valence-electron chi connectivity index (χ2n) is 4.22. The zero-order valence-electron chi connectivity index (χ0n) is 10.1. The normalized spacial score (nSPS) is 12.9. The van der Waals surface area contributed by atoms with Gasteiger partial charge in [0, 0.05) is 23.5 Å². The van der Waals surface area contributed by atoms with Crippen LogP contribution in [0.5, 0.6) is 0 Å². The first-order valence-corrected chi connectivity index (χ1v) is 6.81. The fourth-order valence-electron chi connectivity index (χ4n) is 1.90. The number of hydrogen-bond acceptors (Lipinski definition) is 4. The van der Waals surface area contributed by atoms with Gasteiger partial charge in [0.1, 0.15) is 16.4 Å². The molecule has 4 heteroatoms. The van der Waals surface area contributed by atoms with Crippen molar-refractivity contribution < 1.29 is 4.42 Å². The van der Waals surface area contributed by atoms with Crippen LogP contribution in [0.3, 0.4) is 0 Å². The van der Waals surface area contributed by atoms with Gasteiger partial charge < -0.3 is 9.73 Å². The highest BCUT2D eigenvalue weighted by Crippen LogP contribution is 2.23. The molecule has 0 aliphatic rings. The maximum atomic E-state index is 5.82. The van der Waals surface area contributed by atoms with Gasteiger partial charge in [0.05, 0.1) is 6.04 Å². The van der Waals surface area contributed by atoms with Gasteiger partial charge in [-0.3, -0.25) is 0 Å². The maximum Gasteiger partial charge on any atom is 0.134 e. The third-order valence-corrected chi connectivity index (χ3v) is 3.69. The standard InChI is InChI=1S/C14H14N2OS/c1-10(16-9-14-15-6-7-18-14)13-8-11-4-2-3-5-12(11)17-13/h2-8,10,16H,9H2,1H3. The molecule has 1 N–H and O–H groups in total. The topological polar surface area (TPSA) is 38.1 Å². The lowest BCUT2D eigenvalue weighted by molar-refractivity contribution is 0.450. The number of benzene rings is 1. The molecule has 0 spiro atoms. The van der Waals surface area contributed by atoms with E-state index in [1.807, 2.05) is 29.8 Å². The number of rotatable bonds is 4. The number of nitrogens with one attached hydrogen (secondary N) is 1. The number of para-hydroxylation sites is 1. The van der Waals surface area contributed by atoms with Crippen LogP contribution in [-0.2, 0) is 6.54 Å². The van der Waals surface area contributed by atoms with Crippen LogP contribution in [0.4, 0.5) is 0 Å². The first-order chi connectivity index (χ1) is 8.83. The number of furan rings is 1. The summed E-state index contributed by atoms with van der Waals surface area (Å²) >= 11 is 1.66. The predicted molar refractivity (Wildman–Crippen MR) is 73.6 cm³/mol. The van der Waals surface area contributed by atoms with Crippen molar-refractivity contribution in [2.24, 2.45) is 0 Å². The Kier molecular flexibility index (Phi) is 3.13. The van der Waals surface area contributed by atoms with Crippen molar-refractivity contribution in [3.8, 4) is 0 Å². The van der Waals surface area contributed by atoms with Crippen molar-refractivity contribution in [1.82, 2.24) is 10.3 Å². The Morgan fingerprint density at radius 2 is 2.28 bits per heavy atom. The number of hydrogen-bond donors (Lipinski definition) is 1. The summed E-state index contributed by atoms with van der Waals surface area (Å²) < 4.78 is 5.82. The summed E-state index contributed by atoms with van der Waals surface area (Å²) in [5.41, 5.74) is 0.940. The van der Waals surface area contributed by atoms with E-state index in [0.29, 0.717) is 0 Å². The lowest BCUT2D eigenvalue weighted by Crippen LogP contribution is -2.17. The van der Waals surface area contributed by atoms with Crippen molar-refractivity contribution >= 4 is 22.3 Å². The third-order valence-electron chi connectivity index (χ3n) is 2.91. The lowest BCUT2D eigenvalue weighted by Gasteiger charge is -2.09. The molecule has 1 unspecified atom stereocenters. The second kappa shape index (κ2) is 4.92. The summed E-state index contributed by atoms with van der Waals surface area (Å²) in [5.74, 6) is 0.966. The molecule has 2 heterocycles. The fourth-order valence-corrected chi connectivity index (χ4v) is 2.46. The molecule has 18 heavy (non-hydrogen) atoms. The summed E-state index contributed by atoms with van der Waals surface area (Å²) in [6, 6.07) is 10.3. The van der Waals surface area contributed by atoms with Crippen LogP contribution in [0.2, 0.25) is 0 Å². The van der Waals surface area contributed by atoms with Gasteiger partial charge in [0.15, 0.2) is 0 Å². The highest BCUT2D eigenvalue weighted by molar-refractivity contribution is 7.09. The molecule has 2 aromatic heterocycles. The Bertz CT molecular complexity index is 597. The third kappa shape index (κ3) is 2.30. The van der Waals surface area contributed by atoms with Gasteiger partial charge >= 0.3 is 0 Å². The van der Waals surface area contributed by atoms with Crippen LogP contribution in [-0.4, -0.2) is 4.98 Å². The number of fused-ring (bicyclic) bond motifs is 1. The van der Waals surface area contributed by atoms with E-state index in [0.717, 1.165) is 28.3 Å². The highest BCUT2D eigenvalue weighted by atomic mass is 32.1. The minimum atomic E-state index is 0.182. The van der Waals surface area contributed by atoms with Gasteiger partial charge in [-0.25, -0.2) is 4.98 Å². The quantitative estimate of drug-likeness (QED) is 0.774. The van der Waals surface area contributed by atoms with E-state index in [1.54, 1.807) is 11.3 Å². The number of aromatic nitrogens is 1. The van der Waals surface area contributed by atoms with Gasteiger partial charge in [0.2, 0.25) is 0 Å². The molecule has 0 radical (unpaired) electrons. The van der Waals surface area contributed by atoms with E-state index in [-0.39, 0.29) is 6.04 Å². The molecule has 3 rings (SSSR count). The van der Waals surface area contributed by atoms with Crippen LogP contribution < -0.4 is 5.32 Å². The predicted octanol–water partition coefficient (Wildman–Crippen LogP) is 3.74. The average Bonchev–Trinajstić information content (AvgIpc) is 3.04. The SMILES string of the molecule is CC(NCc1nccs1)c1cc2ccccc2o1. The molecule has 0 amide bonds. The van der Waals surface area contributed by atoms with Crippen molar-refractivity contribution in [2.45, 2.75) is 19.5 Å². The molecule has 92 valence electrons. The second-order valence-corrected chi connectivity index (χ2v) is 5.19. The molecule has 0 saturated carbocycles. The van der Waals surface area contributed by atoms with Gasteiger partial charge in [-0.1, -0.05) is 18.2 Å². The molecule has 1 atom stereocenters. The van der Waals surface area contributed by atoms with Crippen molar-refractivity contribution in [3.05, 3.63) is 52.7 Å². The summed E-state index contributed by atoms with van der Waals surface area (Å²) in [6.07, 6.45) is 1.83. The average molecular weight is 258 g/mol. The van der Waals surface area contributed by atoms with Gasteiger partial charge in [-0.2, -0.15) is 0 Å². The summed E-state index contributed by atoms with van der Waals surface area (Å²) in [7, 11) is 0. The largest absolute Gasteiger partial charge is 0.459 e. The van der Waals surface area contributed by atoms with Crippen molar-refractivity contribution in [1.29, 1.82) is 0 Å². The van der Waals surface area contributed by atoms with Gasteiger partial charge in [0.25, 0.3) is 0 Å². The number of thiazole rings is 1. The molecule has 0 bridgehead atoms. The fraction of sp³-hybridized carbons (Fsp3) is 0.214. The minimum absolute atomic E-state index is 0.182. The molecule has 1 aromatic carbocycles. The molecule has 0 aliphatic carbocycles. The van der Waals surface area contributed by atoms with Crippen LogP contribution in [0.25, 0.3) is 11.0 Å². The zero-order valence-corrected chi connectivity index (χ0v) is 10.9.